The number of hydrogen-bond acceptors (Lipinski definition) is 3. The Kier molecular flexibility index (Phi) is 5.02. The van der Waals surface area contributed by atoms with Gasteiger partial charge in [-0.2, -0.15) is 0 Å². The predicted molar refractivity (Wildman–Crippen MR) is 93.7 cm³/mol. The van der Waals surface area contributed by atoms with Gasteiger partial charge in [0.05, 0.1) is 0 Å². The molecule has 3 aromatic rings. The highest BCUT2D eigenvalue weighted by atomic mass is 35.5. The number of aliphatic imine (C=N–C) groups is 1. The zero-order valence-electron chi connectivity index (χ0n) is 12.4. The lowest BCUT2D eigenvalue weighted by atomic mass is 10.2. The second-order valence-electron chi connectivity index (χ2n) is 4.93. The van der Waals surface area contributed by atoms with Crippen LogP contribution in [0.2, 0.25) is 5.02 Å². The van der Waals surface area contributed by atoms with E-state index in [9.17, 15) is 0 Å². The minimum atomic E-state index is 0.512. The Morgan fingerprint density at radius 3 is 2.43 bits per heavy atom. The Morgan fingerprint density at radius 2 is 1.74 bits per heavy atom. The van der Waals surface area contributed by atoms with Gasteiger partial charge < -0.3 is 4.74 Å². The monoisotopic (exact) mass is 322 g/mol. The molecule has 23 heavy (non-hydrogen) atoms. The van der Waals surface area contributed by atoms with Crippen molar-refractivity contribution < 1.29 is 4.74 Å². The molecule has 0 atom stereocenters. The summed E-state index contributed by atoms with van der Waals surface area (Å²) in [6.07, 6.45) is 3.51. The van der Waals surface area contributed by atoms with Crippen LogP contribution in [0.3, 0.4) is 0 Å². The van der Waals surface area contributed by atoms with Crippen molar-refractivity contribution in [3.8, 4) is 5.75 Å². The fourth-order valence-corrected chi connectivity index (χ4v) is 2.09. The highest BCUT2D eigenvalue weighted by Gasteiger charge is 1.97. The second kappa shape index (κ2) is 7.56. The fraction of sp³-hybridized carbons (Fsp3) is 0.0526. The molecule has 0 aliphatic rings. The van der Waals surface area contributed by atoms with Crippen molar-refractivity contribution in [2.24, 2.45) is 4.99 Å². The minimum Gasteiger partial charge on any atom is -0.489 e. The van der Waals surface area contributed by atoms with E-state index in [1.54, 1.807) is 12.4 Å². The Labute approximate surface area is 140 Å². The third-order valence-electron chi connectivity index (χ3n) is 3.19. The second-order valence-corrected chi connectivity index (χ2v) is 5.37. The molecule has 1 aromatic heterocycles. The van der Waals surface area contributed by atoms with Crippen LogP contribution >= 0.6 is 11.6 Å². The van der Waals surface area contributed by atoms with Crippen LogP contribution in [0.4, 0.5) is 5.82 Å². The first-order valence-corrected chi connectivity index (χ1v) is 7.60. The number of halogens is 1. The van der Waals surface area contributed by atoms with Crippen molar-refractivity contribution >= 4 is 23.6 Å². The Bertz CT molecular complexity index is 769. The van der Waals surface area contributed by atoms with Gasteiger partial charge in [-0.05, 0) is 59.7 Å². The number of ether oxygens (including phenoxy) is 1. The Morgan fingerprint density at radius 1 is 0.957 bits per heavy atom. The van der Waals surface area contributed by atoms with Crippen molar-refractivity contribution in [3.05, 3.63) is 89.1 Å². The summed E-state index contributed by atoms with van der Waals surface area (Å²) in [6, 6.07) is 21.0. The normalized spacial score (nSPS) is 10.8. The number of benzene rings is 2. The van der Waals surface area contributed by atoms with Gasteiger partial charge in [-0.3, -0.25) is 0 Å². The molecule has 0 radical (unpaired) electrons. The Balaban J connectivity index is 1.58. The van der Waals surface area contributed by atoms with E-state index < -0.39 is 0 Å². The van der Waals surface area contributed by atoms with Crippen LogP contribution in [0.5, 0.6) is 5.75 Å². The van der Waals surface area contributed by atoms with E-state index in [0.29, 0.717) is 12.4 Å². The van der Waals surface area contributed by atoms with Crippen LogP contribution in [0, 0.1) is 0 Å². The molecule has 0 unspecified atom stereocenters. The number of rotatable bonds is 5. The van der Waals surface area contributed by atoms with E-state index in [1.807, 2.05) is 66.7 Å². The topological polar surface area (TPSA) is 34.5 Å². The molecule has 3 nitrogen and oxygen atoms in total. The zero-order chi connectivity index (χ0) is 15.9. The highest BCUT2D eigenvalue weighted by Crippen LogP contribution is 2.15. The first-order valence-electron chi connectivity index (χ1n) is 7.22. The quantitative estimate of drug-likeness (QED) is 0.615. The molecular weight excluding hydrogens is 308 g/mol. The molecule has 0 amide bonds. The van der Waals surface area contributed by atoms with Crippen LogP contribution in [-0.2, 0) is 6.61 Å². The predicted octanol–water partition coefficient (Wildman–Crippen LogP) is 5.06. The van der Waals surface area contributed by atoms with Crippen molar-refractivity contribution in [1.29, 1.82) is 0 Å². The third-order valence-corrected chi connectivity index (χ3v) is 3.45. The number of aromatic nitrogens is 1. The molecule has 0 saturated heterocycles. The number of pyridine rings is 1. The molecule has 0 spiro atoms. The molecule has 0 N–H and O–H groups in total. The minimum absolute atomic E-state index is 0.512. The van der Waals surface area contributed by atoms with Gasteiger partial charge in [-0.25, -0.2) is 9.98 Å². The van der Waals surface area contributed by atoms with Gasteiger partial charge in [0.1, 0.15) is 12.4 Å². The van der Waals surface area contributed by atoms with Crippen LogP contribution < -0.4 is 4.74 Å². The van der Waals surface area contributed by atoms with Gasteiger partial charge in [0.25, 0.3) is 0 Å². The average molecular weight is 323 g/mol. The molecule has 1 heterocycles. The van der Waals surface area contributed by atoms with Crippen molar-refractivity contribution in [2.75, 3.05) is 0 Å². The first kappa shape index (κ1) is 15.3. The van der Waals surface area contributed by atoms with Gasteiger partial charge in [-0.15, -0.1) is 0 Å². The molecule has 3 rings (SSSR count). The largest absolute Gasteiger partial charge is 0.489 e. The lowest BCUT2D eigenvalue weighted by Gasteiger charge is -2.06. The summed E-state index contributed by atoms with van der Waals surface area (Å²) in [5.41, 5.74) is 2.07. The lowest BCUT2D eigenvalue weighted by molar-refractivity contribution is 0.306. The summed E-state index contributed by atoms with van der Waals surface area (Å²) in [4.78, 5) is 8.47. The van der Waals surface area contributed by atoms with Crippen molar-refractivity contribution in [1.82, 2.24) is 4.98 Å². The maximum atomic E-state index is 5.86. The van der Waals surface area contributed by atoms with Crippen LogP contribution in [0.15, 0.2) is 77.9 Å². The third kappa shape index (κ3) is 4.66. The molecule has 114 valence electrons. The molecule has 2 aromatic carbocycles. The molecule has 0 fully saturated rings. The first-order chi connectivity index (χ1) is 11.3. The maximum Gasteiger partial charge on any atom is 0.151 e. The van der Waals surface area contributed by atoms with E-state index in [1.165, 1.54) is 0 Å². The molecule has 0 aliphatic heterocycles. The van der Waals surface area contributed by atoms with Crippen LogP contribution in [-0.4, -0.2) is 11.2 Å². The highest BCUT2D eigenvalue weighted by molar-refractivity contribution is 6.30. The van der Waals surface area contributed by atoms with Crippen LogP contribution in [0.1, 0.15) is 11.1 Å². The smallest absolute Gasteiger partial charge is 0.151 e. The van der Waals surface area contributed by atoms with E-state index in [2.05, 4.69) is 9.98 Å². The molecule has 4 heteroatoms. The van der Waals surface area contributed by atoms with Crippen molar-refractivity contribution in [2.45, 2.75) is 6.61 Å². The van der Waals surface area contributed by atoms with Gasteiger partial charge in [0.2, 0.25) is 0 Å². The van der Waals surface area contributed by atoms with Gasteiger partial charge in [0, 0.05) is 17.4 Å². The maximum absolute atomic E-state index is 5.86. The van der Waals surface area contributed by atoms with Gasteiger partial charge >= 0.3 is 0 Å². The molecule has 0 saturated carbocycles. The summed E-state index contributed by atoms with van der Waals surface area (Å²) in [6.45, 7) is 0.512. The van der Waals surface area contributed by atoms with Crippen LogP contribution in [0.25, 0.3) is 0 Å². The summed E-state index contributed by atoms with van der Waals surface area (Å²) >= 11 is 5.86. The summed E-state index contributed by atoms with van der Waals surface area (Å²) in [5.74, 6) is 1.51. The molecule has 0 bridgehead atoms. The fourth-order valence-electron chi connectivity index (χ4n) is 1.97. The van der Waals surface area contributed by atoms with E-state index >= 15 is 0 Å². The SMILES string of the molecule is Clc1ccc(COc2ccc(/C=N/c3ccccn3)cc2)cc1. The lowest BCUT2D eigenvalue weighted by Crippen LogP contribution is -1.95. The van der Waals surface area contributed by atoms with Crippen molar-refractivity contribution in [3.63, 3.8) is 0 Å². The van der Waals surface area contributed by atoms with Gasteiger partial charge in [0.15, 0.2) is 5.82 Å². The van der Waals surface area contributed by atoms with Gasteiger partial charge in [-0.1, -0.05) is 29.8 Å². The number of hydrogen-bond donors (Lipinski definition) is 0. The number of nitrogens with zero attached hydrogens (tertiary/aromatic N) is 2. The van der Waals surface area contributed by atoms with E-state index in [4.69, 9.17) is 16.3 Å². The summed E-state index contributed by atoms with van der Waals surface area (Å²) in [7, 11) is 0. The molecular formula is C19H15ClN2O. The molecule has 0 aliphatic carbocycles. The van der Waals surface area contributed by atoms with E-state index in [-0.39, 0.29) is 0 Å². The zero-order valence-corrected chi connectivity index (χ0v) is 13.1. The average Bonchev–Trinajstić information content (AvgIpc) is 2.61. The Hall–Kier alpha value is -2.65. The standard InChI is InChI=1S/C19H15ClN2O/c20-17-8-4-16(5-9-17)14-23-18-10-6-15(7-11-18)13-22-19-3-1-2-12-21-19/h1-13H,14H2/b22-13+. The summed E-state index contributed by atoms with van der Waals surface area (Å²) < 4.78 is 5.75. The van der Waals surface area contributed by atoms with E-state index in [0.717, 1.165) is 21.9 Å². The summed E-state index contributed by atoms with van der Waals surface area (Å²) in [5, 5.41) is 0.727.